The number of hydrogen-bond acceptors (Lipinski definition) is 5. The summed E-state index contributed by atoms with van der Waals surface area (Å²) >= 11 is 0. The van der Waals surface area contributed by atoms with E-state index in [2.05, 4.69) is 110 Å². The molecule has 1 heterocycles. The van der Waals surface area contributed by atoms with E-state index in [1.807, 2.05) is 0 Å². The molecule has 5 nitrogen and oxygen atoms in total. The van der Waals surface area contributed by atoms with Gasteiger partial charge in [-0.1, -0.05) is 116 Å². The highest BCUT2D eigenvalue weighted by Gasteiger charge is 2.28. The molecule has 0 aliphatic rings. The Morgan fingerprint density at radius 1 is 0.692 bits per heavy atom. The van der Waals surface area contributed by atoms with Crippen LogP contribution in [-0.2, 0) is 6.42 Å². The van der Waals surface area contributed by atoms with Gasteiger partial charge in [-0.25, -0.2) is 0 Å². The lowest BCUT2D eigenvalue weighted by molar-refractivity contribution is 0.146. The van der Waals surface area contributed by atoms with Gasteiger partial charge in [0.1, 0.15) is 0 Å². The van der Waals surface area contributed by atoms with E-state index in [1.165, 1.54) is 44.9 Å². The second kappa shape index (κ2) is 15.9. The zero-order valence-corrected chi connectivity index (χ0v) is 28.6. The van der Waals surface area contributed by atoms with Crippen LogP contribution in [0, 0.1) is 27.6 Å². The highest BCUT2D eigenvalue weighted by Crippen LogP contribution is 2.28. The molecule has 230 valence electrons. The van der Waals surface area contributed by atoms with Crippen molar-refractivity contribution in [3.05, 3.63) is 11.8 Å². The molecule has 5 heteroatoms. The molecule has 0 amide bonds. The summed E-state index contributed by atoms with van der Waals surface area (Å²) in [5.41, 5.74) is 1.21. The maximum atomic E-state index is 6.28. The normalized spacial score (nSPS) is 15.2. The molecule has 1 rings (SSSR count). The van der Waals surface area contributed by atoms with Crippen molar-refractivity contribution < 1.29 is 4.42 Å². The summed E-state index contributed by atoms with van der Waals surface area (Å²) in [7, 11) is 0. The number of hydrogen-bond donors (Lipinski definition) is 1. The third-order valence-electron chi connectivity index (χ3n) is 7.11. The SMILES string of the molecule is CC(CN(CCCCCCCC(C)(C)C)CC(C)(C)C)C(NCCCC(C)(C)C)c1nnc(CC(C)(C)C)o1. The maximum absolute atomic E-state index is 6.28. The molecule has 0 spiro atoms. The molecule has 2 atom stereocenters. The number of rotatable bonds is 17. The number of nitrogens with zero attached hydrogens (tertiary/aromatic N) is 3. The Balaban J connectivity index is 2.84. The predicted octanol–water partition coefficient (Wildman–Crippen LogP) is 9.49. The fraction of sp³-hybridized carbons (Fsp3) is 0.941. The van der Waals surface area contributed by atoms with Gasteiger partial charge in [0.15, 0.2) is 0 Å². The van der Waals surface area contributed by atoms with Crippen LogP contribution in [0.5, 0.6) is 0 Å². The molecule has 0 aliphatic carbocycles. The van der Waals surface area contributed by atoms with Crippen LogP contribution in [0.15, 0.2) is 4.42 Å². The third-order valence-corrected chi connectivity index (χ3v) is 7.11. The molecule has 0 aromatic carbocycles. The van der Waals surface area contributed by atoms with Gasteiger partial charge in [-0.3, -0.25) is 0 Å². The van der Waals surface area contributed by atoms with Crippen LogP contribution in [0.3, 0.4) is 0 Å². The van der Waals surface area contributed by atoms with Gasteiger partial charge < -0.3 is 14.6 Å². The summed E-state index contributed by atoms with van der Waals surface area (Å²) in [6.07, 6.45) is 11.2. The van der Waals surface area contributed by atoms with Crippen LogP contribution in [-0.4, -0.2) is 41.3 Å². The molecular formula is C34H68N4O. The summed E-state index contributed by atoms with van der Waals surface area (Å²) in [5.74, 6) is 1.88. The van der Waals surface area contributed by atoms with E-state index >= 15 is 0 Å². The third kappa shape index (κ3) is 18.9. The van der Waals surface area contributed by atoms with Crippen molar-refractivity contribution in [1.29, 1.82) is 0 Å². The van der Waals surface area contributed by atoms with Crippen molar-refractivity contribution in [2.24, 2.45) is 27.6 Å². The standard InChI is InChI=1S/C34H68N4O/c1-27(25-38(26-34(11,12)13)23-18-16-14-15-17-20-31(2,3)4)29(35-22-19-21-32(5,6)7)30-37-36-28(39-30)24-33(8,9)10/h27,29,35H,14-26H2,1-13H3. The Morgan fingerprint density at radius 2 is 1.26 bits per heavy atom. The van der Waals surface area contributed by atoms with Gasteiger partial charge >= 0.3 is 0 Å². The van der Waals surface area contributed by atoms with E-state index < -0.39 is 0 Å². The monoisotopic (exact) mass is 549 g/mol. The van der Waals surface area contributed by atoms with Crippen LogP contribution < -0.4 is 5.32 Å². The second-order valence-electron chi connectivity index (χ2n) is 17.2. The molecule has 1 aromatic heterocycles. The number of unbranched alkanes of at least 4 members (excludes halogenated alkanes) is 4. The zero-order chi connectivity index (χ0) is 29.9. The fourth-order valence-corrected chi connectivity index (χ4v) is 5.27. The highest BCUT2D eigenvalue weighted by atomic mass is 16.4. The van der Waals surface area contributed by atoms with Crippen molar-refractivity contribution in [1.82, 2.24) is 20.4 Å². The van der Waals surface area contributed by atoms with Crippen molar-refractivity contribution in [2.45, 2.75) is 154 Å². The quantitative estimate of drug-likeness (QED) is 0.196. The van der Waals surface area contributed by atoms with E-state index in [0.29, 0.717) is 16.7 Å². The lowest BCUT2D eigenvalue weighted by Crippen LogP contribution is -2.40. The summed E-state index contributed by atoms with van der Waals surface area (Å²) in [6, 6.07) is 0.0750. The molecule has 39 heavy (non-hydrogen) atoms. The van der Waals surface area contributed by atoms with Crippen LogP contribution in [0.1, 0.15) is 159 Å². The molecule has 0 saturated heterocycles. The van der Waals surface area contributed by atoms with E-state index in [4.69, 9.17) is 4.42 Å². The van der Waals surface area contributed by atoms with Crippen LogP contribution in [0.25, 0.3) is 0 Å². The van der Waals surface area contributed by atoms with Gasteiger partial charge in [-0.15, -0.1) is 10.2 Å². The first-order chi connectivity index (χ1) is 17.7. The summed E-state index contributed by atoms with van der Waals surface area (Å²) < 4.78 is 6.28. The summed E-state index contributed by atoms with van der Waals surface area (Å²) in [5, 5.41) is 12.8. The summed E-state index contributed by atoms with van der Waals surface area (Å²) in [4.78, 5) is 2.69. The average Bonchev–Trinajstić information content (AvgIpc) is 3.16. The average molecular weight is 549 g/mol. The first-order valence-corrected chi connectivity index (χ1v) is 16.0. The van der Waals surface area contributed by atoms with E-state index in [0.717, 1.165) is 50.8 Å². The zero-order valence-electron chi connectivity index (χ0n) is 28.6. The van der Waals surface area contributed by atoms with Gasteiger partial charge in [0.25, 0.3) is 0 Å². The molecule has 0 aliphatic heterocycles. The number of nitrogens with one attached hydrogen (secondary N) is 1. The molecule has 0 bridgehead atoms. The van der Waals surface area contributed by atoms with E-state index in [1.54, 1.807) is 0 Å². The minimum Gasteiger partial charge on any atom is -0.424 e. The topological polar surface area (TPSA) is 54.2 Å². The Hall–Kier alpha value is -0.940. The van der Waals surface area contributed by atoms with Crippen molar-refractivity contribution in [2.75, 3.05) is 26.2 Å². The minimum atomic E-state index is 0.0750. The minimum absolute atomic E-state index is 0.0750. The van der Waals surface area contributed by atoms with Gasteiger partial charge in [-0.2, -0.15) is 0 Å². The van der Waals surface area contributed by atoms with Crippen LogP contribution in [0.4, 0.5) is 0 Å². The fourth-order valence-electron chi connectivity index (χ4n) is 5.27. The van der Waals surface area contributed by atoms with Crippen LogP contribution in [0.2, 0.25) is 0 Å². The van der Waals surface area contributed by atoms with Crippen molar-refractivity contribution in [3.8, 4) is 0 Å². The van der Waals surface area contributed by atoms with E-state index in [-0.39, 0.29) is 16.9 Å². The second-order valence-corrected chi connectivity index (χ2v) is 17.2. The first kappa shape index (κ1) is 36.1. The molecular weight excluding hydrogens is 480 g/mol. The largest absolute Gasteiger partial charge is 0.424 e. The highest BCUT2D eigenvalue weighted by molar-refractivity contribution is 4.95. The lowest BCUT2D eigenvalue weighted by Gasteiger charge is -2.34. The van der Waals surface area contributed by atoms with Crippen molar-refractivity contribution >= 4 is 0 Å². The number of aromatic nitrogens is 2. The molecule has 2 unspecified atom stereocenters. The Bertz CT molecular complexity index is 773. The molecule has 0 fully saturated rings. The molecule has 1 aromatic rings. The molecule has 0 radical (unpaired) electrons. The predicted molar refractivity (Wildman–Crippen MR) is 169 cm³/mol. The van der Waals surface area contributed by atoms with E-state index in [9.17, 15) is 0 Å². The summed E-state index contributed by atoms with van der Waals surface area (Å²) in [6.45, 7) is 34.4. The van der Waals surface area contributed by atoms with Crippen LogP contribution >= 0.6 is 0 Å². The first-order valence-electron chi connectivity index (χ1n) is 16.0. The van der Waals surface area contributed by atoms with Gasteiger partial charge in [0.2, 0.25) is 11.8 Å². The smallest absolute Gasteiger partial charge is 0.233 e. The maximum Gasteiger partial charge on any atom is 0.233 e. The Kier molecular flexibility index (Phi) is 14.7. The van der Waals surface area contributed by atoms with Gasteiger partial charge in [0.05, 0.1) is 6.04 Å². The molecule has 1 N–H and O–H groups in total. The van der Waals surface area contributed by atoms with Gasteiger partial charge in [0, 0.05) is 19.5 Å². The Labute approximate surface area is 244 Å². The molecule has 0 saturated carbocycles. The van der Waals surface area contributed by atoms with Gasteiger partial charge in [-0.05, 0) is 66.4 Å². The lowest BCUT2D eigenvalue weighted by atomic mass is 9.89. The van der Waals surface area contributed by atoms with Crippen molar-refractivity contribution in [3.63, 3.8) is 0 Å². The Morgan fingerprint density at radius 3 is 1.82 bits per heavy atom.